The number of nitrogens with zero attached hydrogens (tertiary/aromatic N) is 2. The van der Waals surface area contributed by atoms with Crippen molar-refractivity contribution in [3.63, 3.8) is 0 Å². The number of rotatable bonds is 9. The van der Waals surface area contributed by atoms with Gasteiger partial charge in [-0.15, -0.1) is 0 Å². The van der Waals surface area contributed by atoms with E-state index in [1.165, 1.54) is 17.0 Å². The van der Waals surface area contributed by atoms with Gasteiger partial charge in [-0.2, -0.15) is 0 Å². The topological polar surface area (TPSA) is 88.4 Å². The number of carboxylic acids is 1. The molecule has 0 fully saturated rings. The fourth-order valence-electron chi connectivity index (χ4n) is 3.04. The molecule has 2 aromatic carbocycles. The maximum Gasteiger partial charge on any atom is 0.335 e. The van der Waals surface area contributed by atoms with Crippen LogP contribution >= 0.6 is 12.2 Å². The van der Waals surface area contributed by atoms with Crippen molar-refractivity contribution < 1.29 is 24.2 Å². The van der Waals surface area contributed by atoms with E-state index >= 15 is 0 Å². The third kappa shape index (κ3) is 4.83. The average Bonchev–Trinajstić information content (AvgIpc) is 3.00. The zero-order valence-corrected chi connectivity index (χ0v) is 17.6. The van der Waals surface area contributed by atoms with Crippen LogP contribution in [0.25, 0.3) is 0 Å². The van der Waals surface area contributed by atoms with Gasteiger partial charge in [0.1, 0.15) is 12.3 Å². The first-order valence-electron chi connectivity index (χ1n) is 9.48. The molecular weight excluding hydrogens is 404 g/mol. The van der Waals surface area contributed by atoms with Crippen molar-refractivity contribution >= 4 is 34.9 Å². The molecule has 0 spiro atoms. The standard InChI is InChI=1S/C22H22N2O5S/c1-3-10-24-20(25)17(23-22(24)30)11-15-6-9-18(19(12-15)28-2)29-13-14-4-7-16(8-5-14)21(26)27/h4-9,12H,3,10-11,13H2,1-2H3,(H,26,27). The van der Waals surface area contributed by atoms with Crippen LogP contribution in [0.5, 0.6) is 11.5 Å². The normalized spacial score (nSPS) is 13.4. The van der Waals surface area contributed by atoms with Crippen LogP contribution < -0.4 is 9.47 Å². The van der Waals surface area contributed by atoms with E-state index in [9.17, 15) is 9.59 Å². The molecule has 3 rings (SSSR count). The van der Waals surface area contributed by atoms with Crippen LogP contribution in [0.15, 0.2) is 47.5 Å². The summed E-state index contributed by atoms with van der Waals surface area (Å²) in [7, 11) is 1.55. The van der Waals surface area contributed by atoms with Gasteiger partial charge in [-0.3, -0.25) is 9.69 Å². The van der Waals surface area contributed by atoms with Gasteiger partial charge in [-0.25, -0.2) is 9.79 Å². The van der Waals surface area contributed by atoms with Crippen LogP contribution in [0.4, 0.5) is 0 Å². The van der Waals surface area contributed by atoms with Crippen molar-refractivity contribution in [1.82, 2.24) is 4.90 Å². The fraction of sp³-hybridized carbons (Fsp3) is 0.273. The summed E-state index contributed by atoms with van der Waals surface area (Å²) in [6.45, 7) is 2.81. The van der Waals surface area contributed by atoms with Crippen LogP contribution in [-0.4, -0.2) is 46.4 Å². The molecule has 0 saturated heterocycles. The molecule has 1 aliphatic rings. The Bertz CT molecular complexity index is 1000. The Morgan fingerprint density at radius 2 is 1.83 bits per heavy atom. The number of methoxy groups -OCH3 is 1. The number of hydrogen-bond donors (Lipinski definition) is 1. The summed E-state index contributed by atoms with van der Waals surface area (Å²) in [4.78, 5) is 29.2. The van der Waals surface area contributed by atoms with Gasteiger partial charge < -0.3 is 14.6 Å². The number of thiocarbonyl (C=S) groups is 1. The van der Waals surface area contributed by atoms with E-state index in [2.05, 4.69) is 4.99 Å². The predicted molar refractivity (Wildman–Crippen MR) is 116 cm³/mol. The molecule has 156 valence electrons. The van der Waals surface area contributed by atoms with Crippen molar-refractivity contribution in [3.05, 3.63) is 59.2 Å². The molecular formula is C22H22N2O5S. The molecule has 8 heteroatoms. The van der Waals surface area contributed by atoms with E-state index < -0.39 is 5.97 Å². The number of aliphatic imine (C=N–C) groups is 1. The molecule has 0 radical (unpaired) electrons. The fourth-order valence-corrected chi connectivity index (χ4v) is 3.33. The van der Waals surface area contributed by atoms with Crippen LogP contribution in [0.2, 0.25) is 0 Å². The van der Waals surface area contributed by atoms with Gasteiger partial charge in [-0.1, -0.05) is 25.1 Å². The van der Waals surface area contributed by atoms with Crippen molar-refractivity contribution in [3.8, 4) is 11.5 Å². The van der Waals surface area contributed by atoms with Gasteiger partial charge >= 0.3 is 5.97 Å². The van der Waals surface area contributed by atoms with Gasteiger partial charge in [-0.05, 0) is 54.0 Å². The van der Waals surface area contributed by atoms with Crippen molar-refractivity contribution in [2.45, 2.75) is 26.4 Å². The summed E-state index contributed by atoms with van der Waals surface area (Å²) in [6.07, 6.45) is 1.17. The Balaban J connectivity index is 1.68. The number of carbonyl (C=O) groups is 2. The number of amides is 1. The second-order valence-corrected chi connectivity index (χ2v) is 7.12. The lowest BCUT2D eigenvalue weighted by molar-refractivity contribution is -0.120. The van der Waals surface area contributed by atoms with Crippen LogP contribution in [0, 0.1) is 0 Å². The minimum absolute atomic E-state index is 0.147. The van der Waals surface area contributed by atoms with Crippen molar-refractivity contribution in [2.24, 2.45) is 4.99 Å². The second kappa shape index (κ2) is 9.49. The smallest absolute Gasteiger partial charge is 0.335 e. The quantitative estimate of drug-likeness (QED) is 0.618. The molecule has 0 saturated carbocycles. The summed E-state index contributed by atoms with van der Waals surface area (Å²) < 4.78 is 11.3. The Kier molecular flexibility index (Phi) is 6.79. The van der Waals surface area contributed by atoms with Crippen LogP contribution in [0.3, 0.4) is 0 Å². The highest BCUT2D eigenvalue weighted by molar-refractivity contribution is 7.80. The molecule has 0 aliphatic carbocycles. The molecule has 1 aliphatic heterocycles. The maximum absolute atomic E-state index is 12.5. The second-order valence-electron chi connectivity index (χ2n) is 6.75. The lowest BCUT2D eigenvalue weighted by Gasteiger charge is -2.14. The lowest BCUT2D eigenvalue weighted by Crippen LogP contribution is -2.33. The number of aromatic carboxylic acids is 1. The number of hydrogen-bond acceptors (Lipinski definition) is 5. The lowest BCUT2D eigenvalue weighted by atomic mass is 10.1. The molecule has 2 aromatic rings. The molecule has 30 heavy (non-hydrogen) atoms. The molecule has 1 heterocycles. The minimum atomic E-state index is -0.969. The zero-order valence-electron chi connectivity index (χ0n) is 16.8. The summed E-state index contributed by atoms with van der Waals surface area (Å²) in [5, 5.41) is 9.28. The zero-order chi connectivity index (χ0) is 21.7. The van der Waals surface area contributed by atoms with Crippen LogP contribution in [0.1, 0.15) is 34.8 Å². The Morgan fingerprint density at radius 1 is 1.13 bits per heavy atom. The Labute approximate surface area is 179 Å². The monoisotopic (exact) mass is 426 g/mol. The van der Waals surface area contributed by atoms with E-state index in [1.807, 2.05) is 19.1 Å². The SMILES string of the molecule is CCCN1C(=O)C(Cc2ccc(OCc3ccc(C(=O)O)cc3)c(OC)c2)=NC1=S. The minimum Gasteiger partial charge on any atom is -0.493 e. The van der Waals surface area contributed by atoms with Crippen LogP contribution in [-0.2, 0) is 17.8 Å². The largest absolute Gasteiger partial charge is 0.493 e. The molecule has 7 nitrogen and oxygen atoms in total. The highest BCUT2D eigenvalue weighted by atomic mass is 32.1. The number of carbonyl (C=O) groups excluding carboxylic acids is 1. The molecule has 1 N–H and O–H groups in total. The van der Waals surface area contributed by atoms with Gasteiger partial charge in [0.05, 0.1) is 12.7 Å². The van der Waals surface area contributed by atoms with E-state index in [4.69, 9.17) is 26.8 Å². The number of benzene rings is 2. The summed E-state index contributed by atoms with van der Waals surface area (Å²) in [6, 6.07) is 11.9. The highest BCUT2D eigenvalue weighted by Crippen LogP contribution is 2.29. The van der Waals surface area contributed by atoms with Gasteiger partial charge in [0.25, 0.3) is 5.91 Å². The predicted octanol–water partition coefficient (Wildman–Crippen LogP) is 3.49. The van der Waals surface area contributed by atoms with Gasteiger partial charge in [0.2, 0.25) is 5.11 Å². The third-order valence-electron chi connectivity index (χ3n) is 4.60. The van der Waals surface area contributed by atoms with Crippen molar-refractivity contribution in [2.75, 3.05) is 13.7 Å². The first-order chi connectivity index (χ1) is 14.4. The van der Waals surface area contributed by atoms with E-state index in [0.29, 0.717) is 35.3 Å². The Morgan fingerprint density at radius 3 is 2.47 bits per heavy atom. The molecule has 0 aromatic heterocycles. The van der Waals surface area contributed by atoms with Gasteiger partial charge in [0, 0.05) is 13.0 Å². The summed E-state index contributed by atoms with van der Waals surface area (Å²) in [5.74, 6) is -0.0327. The first kappa shape index (κ1) is 21.4. The van der Waals surface area contributed by atoms with E-state index in [-0.39, 0.29) is 18.1 Å². The maximum atomic E-state index is 12.5. The number of carboxylic acid groups (broad SMARTS) is 1. The van der Waals surface area contributed by atoms with E-state index in [0.717, 1.165) is 17.5 Å². The molecule has 0 unspecified atom stereocenters. The first-order valence-corrected chi connectivity index (χ1v) is 9.89. The van der Waals surface area contributed by atoms with Gasteiger partial charge in [0.15, 0.2) is 11.5 Å². The summed E-state index contributed by atoms with van der Waals surface area (Å²) in [5.41, 5.74) is 2.34. The van der Waals surface area contributed by atoms with E-state index in [1.54, 1.807) is 25.3 Å². The third-order valence-corrected chi connectivity index (χ3v) is 4.91. The van der Waals surface area contributed by atoms with Crippen molar-refractivity contribution in [1.29, 1.82) is 0 Å². The molecule has 1 amide bonds. The highest BCUT2D eigenvalue weighted by Gasteiger charge is 2.29. The molecule has 0 bridgehead atoms. The molecule has 0 atom stereocenters. The Hall–Kier alpha value is -3.26. The average molecular weight is 426 g/mol. The summed E-state index contributed by atoms with van der Waals surface area (Å²) >= 11 is 5.19. The number of ether oxygens (including phenoxy) is 2.